The predicted molar refractivity (Wildman–Crippen MR) is 152 cm³/mol. The van der Waals surface area contributed by atoms with E-state index in [-0.39, 0.29) is 0 Å². The fourth-order valence-electron chi connectivity index (χ4n) is 5.20. The second-order valence-electron chi connectivity index (χ2n) is 9.63. The van der Waals surface area contributed by atoms with Gasteiger partial charge in [0.25, 0.3) is 0 Å². The molecule has 1 fully saturated rings. The van der Waals surface area contributed by atoms with E-state index in [1.807, 2.05) is 24.7 Å². The van der Waals surface area contributed by atoms with Crippen LogP contribution in [0.5, 0.6) is 0 Å². The molecular weight excluding hydrogens is 476 g/mol. The first-order valence-electron chi connectivity index (χ1n) is 12.8. The number of rotatable bonds is 7. The fourth-order valence-corrected chi connectivity index (χ4v) is 5.96. The Balaban J connectivity index is 1.34. The number of aromatic amines is 2. The highest BCUT2D eigenvalue weighted by Gasteiger charge is 2.17. The minimum absolute atomic E-state index is 0.699. The normalized spacial score (nSPS) is 14.9. The van der Waals surface area contributed by atoms with Gasteiger partial charge < -0.3 is 4.98 Å². The number of likely N-dealkylation sites (tertiary alicyclic amines) is 1. The molecule has 6 rings (SSSR count). The van der Waals surface area contributed by atoms with E-state index in [9.17, 15) is 0 Å². The van der Waals surface area contributed by atoms with Gasteiger partial charge in [0.1, 0.15) is 0 Å². The molecule has 186 valence electrons. The largest absolute Gasteiger partial charge is 0.357 e. The molecule has 0 aliphatic carbocycles. The quantitative estimate of drug-likeness (QED) is 0.233. The second-order valence-corrected chi connectivity index (χ2v) is 10.6. The van der Waals surface area contributed by atoms with Crippen molar-refractivity contribution >= 4 is 27.9 Å². The van der Waals surface area contributed by atoms with Crippen LogP contribution in [0.3, 0.4) is 0 Å². The average Bonchev–Trinajstić information content (AvgIpc) is 3.68. The lowest BCUT2D eigenvalue weighted by atomic mass is 10.0. The van der Waals surface area contributed by atoms with Crippen molar-refractivity contribution in [1.82, 2.24) is 30.0 Å². The third-order valence-electron chi connectivity index (χ3n) is 7.04. The van der Waals surface area contributed by atoms with Gasteiger partial charge in [-0.05, 0) is 68.1 Å². The van der Waals surface area contributed by atoms with Crippen LogP contribution < -0.4 is 0 Å². The Morgan fingerprint density at radius 2 is 1.97 bits per heavy atom. The lowest BCUT2D eigenvalue weighted by Crippen LogP contribution is -2.29. The van der Waals surface area contributed by atoms with E-state index >= 15 is 0 Å². The molecule has 0 aromatic carbocycles. The number of piperidine rings is 1. The number of nitrogens with zero attached hydrogens (tertiary/aromatic N) is 4. The van der Waals surface area contributed by atoms with Crippen LogP contribution in [0.1, 0.15) is 41.0 Å². The number of hydrogen-bond acceptors (Lipinski definition) is 5. The molecule has 0 amide bonds. The highest BCUT2D eigenvalue weighted by atomic mass is 32.1. The van der Waals surface area contributed by atoms with Crippen molar-refractivity contribution in [3.63, 3.8) is 0 Å². The smallest absolute Gasteiger partial charge is 0.181 e. The zero-order valence-electron chi connectivity index (χ0n) is 21.0. The summed E-state index contributed by atoms with van der Waals surface area (Å²) in [6.45, 7) is 9.32. The van der Waals surface area contributed by atoms with Gasteiger partial charge in [0.15, 0.2) is 5.65 Å². The number of thiophene rings is 1. The molecule has 0 spiro atoms. The van der Waals surface area contributed by atoms with Crippen LogP contribution in [-0.2, 0) is 6.54 Å². The second kappa shape index (κ2) is 10.3. The van der Waals surface area contributed by atoms with Crippen LogP contribution in [0.4, 0.5) is 0 Å². The first-order valence-corrected chi connectivity index (χ1v) is 13.7. The topological polar surface area (TPSA) is 73.5 Å². The Morgan fingerprint density at radius 3 is 2.78 bits per heavy atom. The maximum atomic E-state index is 4.67. The molecule has 37 heavy (non-hydrogen) atoms. The van der Waals surface area contributed by atoms with Gasteiger partial charge in [-0.2, -0.15) is 5.10 Å². The number of fused-ring (bicyclic) bond motifs is 1. The summed E-state index contributed by atoms with van der Waals surface area (Å²) >= 11 is 1.73. The number of allylic oxidation sites excluding steroid dienone is 2. The van der Waals surface area contributed by atoms with E-state index < -0.39 is 0 Å². The Bertz CT molecular complexity index is 1570. The number of pyridine rings is 2. The van der Waals surface area contributed by atoms with Crippen molar-refractivity contribution in [2.45, 2.75) is 32.7 Å². The van der Waals surface area contributed by atoms with Gasteiger partial charge in [-0.25, -0.2) is 4.98 Å². The highest BCUT2D eigenvalue weighted by molar-refractivity contribution is 7.11. The van der Waals surface area contributed by atoms with Crippen LogP contribution >= 0.6 is 11.3 Å². The molecule has 1 aliphatic rings. The van der Waals surface area contributed by atoms with Gasteiger partial charge in [-0.3, -0.25) is 15.0 Å². The third kappa shape index (κ3) is 4.80. The summed E-state index contributed by atoms with van der Waals surface area (Å²) in [4.78, 5) is 16.5. The highest BCUT2D eigenvalue weighted by Crippen LogP contribution is 2.35. The van der Waals surface area contributed by atoms with E-state index in [1.165, 1.54) is 42.8 Å². The summed E-state index contributed by atoms with van der Waals surface area (Å²) in [5.74, 6) is 0. The molecule has 0 unspecified atom stereocenters. The maximum Gasteiger partial charge on any atom is 0.181 e. The standard InChI is InChI=1S/C30H30N6S/c1-3-8-24(28-9-7-12-37-28)25-15-27(33-20(25)2)29-26-14-23(18-32-30(26)35-34-29)22-13-21(16-31-17-22)19-36-10-5-4-6-11-36/h3,7-9,12-18,33H,1,4-6,10-11,19H2,2H3,(H,32,34,35)/b24-8+. The molecule has 5 aromatic heterocycles. The van der Waals surface area contributed by atoms with Crippen LogP contribution in [-0.4, -0.2) is 43.1 Å². The molecule has 0 atom stereocenters. The minimum atomic E-state index is 0.699. The number of H-pyrrole nitrogens is 2. The Labute approximate surface area is 220 Å². The molecule has 6 heterocycles. The zero-order chi connectivity index (χ0) is 25.2. The fraction of sp³-hybridized carbons (Fsp3) is 0.233. The van der Waals surface area contributed by atoms with Crippen molar-refractivity contribution in [3.8, 4) is 22.5 Å². The summed E-state index contributed by atoms with van der Waals surface area (Å²) in [6, 6.07) is 10.8. The van der Waals surface area contributed by atoms with Crippen molar-refractivity contribution in [2.24, 2.45) is 0 Å². The van der Waals surface area contributed by atoms with Gasteiger partial charge in [0, 0.05) is 63.4 Å². The van der Waals surface area contributed by atoms with Gasteiger partial charge in [0.05, 0.1) is 11.4 Å². The lowest BCUT2D eigenvalue weighted by Gasteiger charge is -2.26. The summed E-state index contributed by atoms with van der Waals surface area (Å²) in [5.41, 5.74) is 9.38. The predicted octanol–water partition coefficient (Wildman–Crippen LogP) is 6.99. The molecular formula is C30H30N6S. The summed E-state index contributed by atoms with van der Waals surface area (Å²) < 4.78 is 0. The minimum Gasteiger partial charge on any atom is -0.357 e. The first kappa shape index (κ1) is 23.6. The van der Waals surface area contributed by atoms with E-state index in [0.717, 1.165) is 51.3 Å². The van der Waals surface area contributed by atoms with Crippen LogP contribution in [0, 0.1) is 6.92 Å². The molecule has 7 heteroatoms. The summed E-state index contributed by atoms with van der Waals surface area (Å²) in [7, 11) is 0. The number of aryl methyl sites for hydroxylation is 1. The van der Waals surface area contributed by atoms with E-state index in [2.05, 4.69) is 85.3 Å². The molecule has 5 aromatic rings. The molecule has 1 aliphatic heterocycles. The number of hydrogen-bond donors (Lipinski definition) is 2. The monoisotopic (exact) mass is 506 g/mol. The van der Waals surface area contributed by atoms with Gasteiger partial charge in [0.2, 0.25) is 0 Å². The molecule has 6 nitrogen and oxygen atoms in total. The van der Waals surface area contributed by atoms with Crippen LogP contribution in [0.15, 0.2) is 73.0 Å². The Hall–Kier alpha value is -3.81. The first-order chi connectivity index (χ1) is 18.2. The summed E-state index contributed by atoms with van der Waals surface area (Å²) in [5, 5.41) is 10.8. The number of aromatic nitrogens is 5. The molecule has 0 saturated carbocycles. The van der Waals surface area contributed by atoms with Gasteiger partial charge in [-0.15, -0.1) is 11.3 Å². The van der Waals surface area contributed by atoms with Gasteiger partial charge >= 0.3 is 0 Å². The molecule has 0 bridgehead atoms. The number of nitrogens with one attached hydrogen (secondary N) is 2. The molecule has 1 saturated heterocycles. The Morgan fingerprint density at radius 1 is 1.11 bits per heavy atom. The Kier molecular flexibility index (Phi) is 6.55. The SMILES string of the molecule is C=C/C=C(/c1cccs1)c1cc(-c2[nH]nc3ncc(-c4cncc(CN5CCCCC5)c4)cc23)[nH]c1C. The van der Waals surface area contributed by atoms with E-state index in [0.29, 0.717) is 5.65 Å². The third-order valence-corrected chi connectivity index (χ3v) is 7.94. The summed E-state index contributed by atoms with van der Waals surface area (Å²) in [6.07, 6.45) is 13.6. The van der Waals surface area contributed by atoms with Crippen molar-refractivity contribution < 1.29 is 0 Å². The van der Waals surface area contributed by atoms with E-state index in [4.69, 9.17) is 0 Å². The lowest BCUT2D eigenvalue weighted by molar-refractivity contribution is 0.220. The van der Waals surface area contributed by atoms with Crippen LogP contribution in [0.25, 0.3) is 39.1 Å². The van der Waals surface area contributed by atoms with Crippen molar-refractivity contribution in [3.05, 3.63) is 94.7 Å². The zero-order valence-corrected chi connectivity index (χ0v) is 21.8. The average molecular weight is 507 g/mol. The molecule has 0 radical (unpaired) electrons. The van der Waals surface area contributed by atoms with Crippen molar-refractivity contribution in [2.75, 3.05) is 13.1 Å². The molecule has 2 N–H and O–H groups in total. The van der Waals surface area contributed by atoms with Crippen LogP contribution in [0.2, 0.25) is 0 Å². The van der Waals surface area contributed by atoms with Gasteiger partial charge in [-0.1, -0.05) is 31.2 Å². The maximum absolute atomic E-state index is 4.67. The van der Waals surface area contributed by atoms with E-state index in [1.54, 1.807) is 11.3 Å². The van der Waals surface area contributed by atoms with Crippen molar-refractivity contribution in [1.29, 1.82) is 0 Å².